The summed E-state index contributed by atoms with van der Waals surface area (Å²) in [5.41, 5.74) is 1.69. The monoisotopic (exact) mass is 505 g/mol. The van der Waals surface area contributed by atoms with Crippen LogP contribution < -0.4 is 5.32 Å². The molecule has 0 aliphatic carbocycles. The fourth-order valence-electron chi connectivity index (χ4n) is 4.51. The lowest BCUT2D eigenvalue weighted by Gasteiger charge is -2.30. The summed E-state index contributed by atoms with van der Waals surface area (Å²) in [6.45, 7) is 6.63. The Morgan fingerprint density at radius 2 is 1.94 bits per heavy atom. The zero-order chi connectivity index (χ0) is 24.5. The third-order valence-electron chi connectivity index (χ3n) is 6.33. The second kappa shape index (κ2) is 10.2. The first kappa shape index (κ1) is 24.8. The molecule has 2 aromatic rings. The number of ether oxygens (including phenoxy) is 1. The maximum Gasteiger partial charge on any atom is 0.341 e. The molecule has 1 aromatic carbocycles. The van der Waals surface area contributed by atoms with Gasteiger partial charge in [0.1, 0.15) is 5.00 Å². The Morgan fingerprint density at radius 1 is 1.21 bits per heavy atom. The molecule has 8 nitrogen and oxygen atoms in total. The predicted octanol–water partition coefficient (Wildman–Crippen LogP) is 3.59. The van der Waals surface area contributed by atoms with Crippen molar-refractivity contribution in [1.29, 1.82) is 0 Å². The van der Waals surface area contributed by atoms with Gasteiger partial charge in [-0.3, -0.25) is 4.79 Å². The van der Waals surface area contributed by atoms with E-state index in [1.807, 2.05) is 7.05 Å². The maximum absolute atomic E-state index is 13.0. The fraction of sp³-hybridized carbons (Fsp3) is 0.500. The number of carbonyl (C=O) groups excluding carboxylic acids is 2. The van der Waals surface area contributed by atoms with E-state index >= 15 is 0 Å². The summed E-state index contributed by atoms with van der Waals surface area (Å²) in [5, 5.41) is 3.34. The molecule has 0 saturated carbocycles. The van der Waals surface area contributed by atoms with E-state index in [0.717, 1.165) is 29.8 Å². The number of anilines is 1. The third-order valence-corrected chi connectivity index (χ3v) is 9.34. The number of sulfonamides is 1. The zero-order valence-corrected chi connectivity index (χ0v) is 21.4. The summed E-state index contributed by atoms with van der Waals surface area (Å²) in [5.74, 6) is -0.497. The number of benzene rings is 1. The molecule has 1 aromatic heterocycles. The van der Waals surface area contributed by atoms with Crippen LogP contribution in [0.4, 0.5) is 5.00 Å². The number of esters is 1. The van der Waals surface area contributed by atoms with Crippen LogP contribution in [-0.2, 0) is 27.7 Å². The first-order chi connectivity index (χ1) is 16.2. The standard InChI is InChI=1S/C24H31N3O5S2/c1-4-32-24(29)21-19-11-13-26(3)15-20(19)33-23(21)25-22(28)17-7-9-18(10-8-17)34(30,31)27-12-5-6-16(2)14-27/h7-10,16H,4-6,11-15H2,1-3H3,(H,25,28)/t16-/m1/s1. The molecule has 34 heavy (non-hydrogen) atoms. The Hall–Kier alpha value is -2.27. The predicted molar refractivity (Wildman–Crippen MR) is 132 cm³/mol. The Labute approximate surface area is 204 Å². The van der Waals surface area contributed by atoms with Gasteiger partial charge in [0.05, 0.1) is 17.1 Å². The third kappa shape index (κ3) is 5.05. The summed E-state index contributed by atoms with van der Waals surface area (Å²) in [6, 6.07) is 5.98. The van der Waals surface area contributed by atoms with E-state index in [-0.39, 0.29) is 11.5 Å². The molecule has 0 radical (unpaired) electrons. The van der Waals surface area contributed by atoms with Crippen LogP contribution in [0.15, 0.2) is 29.2 Å². The minimum atomic E-state index is -3.59. The number of carbonyl (C=O) groups is 2. The number of fused-ring (bicyclic) bond motifs is 1. The largest absolute Gasteiger partial charge is 0.462 e. The molecule has 184 valence electrons. The van der Waals surface area contributed by atoms with Crippen molar-refractivity contribution in [3.63, 3.8) is 0 Å². The van der Waals surface area contributed by atoms with E-state index in [0.29, 0.717) is 48.1 Å². The highest BCUT2D eigenvalue weighted by molar-refractivity contribution is 7.89. The number of nitrogens with one attached hydrogen (secondary N) is 1. The molecule has 3 heterocycles. The molecule has 2 aliphatic heterocycles. The van der Waals surface area contributed by atoms with Crippen LogP contribution in [0.3, 0.4) is 0 Å². The highest BCUT2D eigenvalue weighted by Crippen LogP contribution is 2.37. The Morgan fingerprint density at radius 3 is 2.62 bits per heavy atom. The number of piperidine rings is 1. The molecule has 1 amide bonds. The van der Waals surface area contributed by atoms with Gasteiger partial charge in [0.15, 0.2) is 0 Å². The summed E-state index contributed by atoms with van der Waals surface area (Å²) < 4.78 is 32.8. The number of hydrogen-bond donors (Lipinski definition) is 1. The molecular weight excluding hydrogens is 474 g/mol. The SMILES string of the molecule is CCOC(=O)c1c(NC(=O)c2ccc(S(=O)(=O)N3CCC[C@@H](C)C3)cc2)sc2c1CCN(C)C2. The van der Waals surface area contributed by atoms with E-state index < -0.39 is 21.9 Å². The van der Waals surface area contributed by atoms with Crippen molar-refractivity contribution in [1.82, 2.24) is 9.21 Å². The Bertz CT molecular complexity index is 1170. The molecule has 1 fully saturated rings. The minimum absolute atomic E-state index is 0.181. The normalized spacial score (nSPS) is 19.4. The van der Waals surface area contributed by atoms with Gasteiger partial charge in [0.25, 0.3) is 5.91 Å². The topological polar surface area (TPSA) is 96.0 Å². The first-order valence-electron chi connectivity index (χ1n) is 11.6. The average Bonchev–Trinajstić information content (AvgIpc) is 3.16. The minimum Gasteiger partial charge on any atom is -0.462 e. The molecule has 4 rings (SSSR count). The van der Waals surface area contributed by atoms with Gasteiger partial charge in [-0.2, -0.15) is 4.31 Å². The lowest BCUT2D eigenvalue weighted by molar-refractivity contribution is 0.0526. The summed E-state index contributed by atoms with van der Waals surface area (Å²) in [4.78, 5) is 29.1. The highest BCUT2D eigenvalue weighted by Gasteiger charge is 2.30. The number of nitrogens with zero attached hydrogens (tertiary/aromatic N) is 2. The number of amides is 1. The van der Waals surface area contributed by atoms with Gasteiger partial charge in [-0.25, -0.2) is 13.2 Å². The van der Waals surface area contributed by atoms with Crippen LogP contribution >= 0.6 is 11.3 Å². The van der Waals surface area contributed by atoms with Crippen molar-refractivity contribution in [2.24, 2.45) is 5.92 Å². The van der Waals surface area contributed by atoms with Gasteiger partial charge < -0.3 is 15.0 Å². The maximum atomic E-state index is 13.0. The van der Waals surface area contributed by atoms with E-state index in [4.69, 9.17) is 4.74 Å². The fourth-order valence-corrected chi connectivity index (χ4v) is 7.42. The van der Waals surface area contributed by atoms with Crippen molar-refractivity contribution in [2.45, 2.75) is 44.6 Å². The van der Waals surface area contributed by atoms with Crippen LogP contribution in [0, 0.1) is 5.92 Å². The molecule has 2 aliphatic rings. The first-order valence-corrected chi connectivity index (χ1v) is 13.9. The van der Waals surface area contributed by atoms with Gasteiger partial charge in [-0.05, 0) is 69.0 Å². The molecule has 1 saturated heterocycles. The number of thiophene rings is 1. The molecule has 10 heteroatoms. The molecule has 0 bridgehead atoms. The van der Waals surface area contributed by atoms with E-state index in [1.165, 1.54) is 39.9 Å². The van der Waals surface area contributed by atoms with Crippen molar-refractivity contribution >= 4 is 38.2 Å². The number of likely N-dealkylation sites (N-methyl/N-ethyl adjacent to an activating group) is 1. The summed E-state index contributed by atoms with van der Waals surface area (Å²) >= 11 is 1.39. The lowest BCUT2D eigenvalue weighted by Crippen LogP contribution is -2.39. The second-order valence-corrected chi connectivity index (χ2v) is 12.0. The Kier molecular flexibility index (Phi) is 7.42. The van der Waals surface area contributed by atoms with Crippen molar-refractivity contribution in [3.8, 4) is 0 Å². The number of hydrogen-bond acceptors (Lipinski definition) is 7. The zero-order valence-electron chi connectivity index (χ0n) is 19.8. The van der Waals surface area contributed by atoms with Gasteiger partial charge in [-0.1, -0.05) is 6.92 Å². The van der Waals surface area contributed by atoms with Gasteiger partial charge >= 0.3 is 5.97 Å². The van der Waals surface area contributed by atoms with Gasteiger partial charge in [0, 0.05) is 36.6 Å². The van der Waals surface area contributed by atoms with E-state index in [2.05, 4.69) is 17.1 Å². The highest BCUT2D eigenvalue weighted by atomic mass is 32.2. The van der Waals surface area contributed by atoms with Crippen LogP contribution in [0.1, 0.15) is 57.8 Å². The smallest absolute Gasteiger partial charge is 0.341 e. The van der Waals surface area contributed by atoms with Gasteiger partial charge in [0.2, 0.25) is 10.0 Å². The van der Waals surface area contributed by atoms with Crippen molar-refractivity contribution < 1.29 is 22.7 Å². The van der Waals surface area contributed by atoms with Crippen LogP contribution in [-0.4, -0.2) is 62.8 Å². The molecular formula is C24H31N3O5S2. The molecule has 1 N–H and O–H groups in total. The summed E-state index contributed by atoms with van der Waals surface area (Å²) in [6.07, 6.45) is 2.60. The van der Waals surface area contributed by atoms with Crippen molar-refractivity contribution in [3.05, 3.63) is 45.8 Å². The van der Waals surface area contributed by atoms with E-state index in [9.17, 15) is 18.0 Å². The Balaban J connectivity index is 1.55. The molecule has 0 unspecified atom stereocenters. The quantitative estimate of drug-likeness (QED) is 0.603. The molecule has 0 spiro atoms. The summed E-state index contributed by atoms with van der Waals surface area (Å²) in [7, 11) is -1.57. The molecule has 1 atom stereocenters. The van der Waals surface area contributed by atoms with Crippen LogP contribution in [0.2, 0.25) is 0 Å². The van der Waals surface area contributed by atoms with Crippen molar-refractivity contribution in [2.75, 3.05) is 38.6 Å². The number of rotatable bonds is 6. The lowest BCUT2D eigenvalue weighted by atomic mass is 10.0. The van der Waals surface area contributed by atoms with Crippen LogP contribution in [0.25, 0.3) is 0 Å². The van der Waals surface area contributed by atoms with E-state index in [1.54, 1.807) is 6.92 Å². The van der Waals surface area contributed by atoms with Crippen LogP contribution in [0.5, 0.6) is 0 Å². The average molecular weight is 506 g/mol. The van der Waals surface area contributed by atoms with Gasteiger partial charge in [-0.15, -0.1) is 11.3 Å². The second-order valence-electron chi connectivity index (χ2n) is 9.01.